The molecular formula is C17H16FN3S3. The van der Waals surface area contributed by atoms with Gasteiger partial charge in [0.1, 0.15) is 5.82 Å². The van der Waals surface area contributed by atoms with Gasteiger partial charge >= 0.3 is 0 Å². The van der Waals surface area contributed by atoms with Gasteiger partial charge in [-0.3, -0.25) is 4.57 Å². The van der Waals surface area contributed by atoms with Gasteiger partial charge in [-0.1, -0.05) is 17.8 Å². The van der Waals surface area contributed by atoms with E-state index in [0.29, 0.717) is 6.04 Å². The van der Waals surface area contributed by atoms with Gasteiger partial charge in [0.25, 0.3) is 0 Å². The van der Waals surface area contributed by atoms with Crippen molar-refractivity contribution in [3.63, 3.8) is 0 Å². The molecule has 0 radical (unpaired) electrons. The molecule has 0 aliphatic heterocycles. The van der Waals surface area contributed by atoms with Gasteiger partial charge < -0.3 is 0 Å². The molecule has 0 amide bonds. The Morgan fingerprint density at radius 1 is 1.08 bits per heavy atom. The monoisotopic (exact) mass is 377 g/mol. The smallest absolute Gasteiger partial charge is 0.191 e. The van der Waals surface area contributed by atoms with E-state index in [9.17, 15) is 4.39 Å². The fraction of sp³-hybridized carbons (Fsp3) is 0.294. The third-order valence-corrected chi connectivity index (χ3v) is 6.80. The van der Waals surface area contributed by atoms with Crippen LogP contribution < -0.4 is 0 Å². The predicted molar refractivity (Wildman–Crippen MR) is 99.5 cm³/mol. The third-order valence-electron chi connectivity index (χ3n) is 3.71. The van der Waals surface area contributed by atoms with Gasteiger partial charge in [0.05, 0.1) is 4.88 Å². The van der Waals surface area contributed by atoms with Crippen molar-refractivity contribution in [2.24, 2.45) is 0 Å². The molecule has 1 fully saturated rings. The van der Waals surface area contributed by atoms with Gasteiger partial charge in [-0.15, -0.1) is 33.3 Å². The summed E-state index contributed by atoms with van der Waals surface area (Å²) in [4.78, 5) is 2.28. The molecule has 124 valence electrons. The molecule has 3 nitrogen and oxygen atoms in total. The number of thiophene rings is 1. The van der Waals surface area contributed by atoms with Crippen molar-refractivity contribution in [2.45, 2.75) is 28.9 Å². The van der Waals surface area contributed by atoms with Crippen molar-refractivity contribution < 1.29 is 4.39 Å². The Kier molecular flexibility index (Phi) is 4.91. The average Bonchev–Trinajstić information content (AvgIpc) is 3.11. The summed E-state index contributed by atoms with van der Waals surface area (Å²) >= 11 is 5.20. The first kappa shape index (κ1) is 16.2. The van der Waals surface area contributed by atoms with Crippen molar-refractivity contribution in [1.82, 2.24) is 14.8 Å². The minimum absolute atomic E-state index is 0.188. The van der Waals surface area contributed by atoms with E-state index in [1.165, 1.54) is 29.9 Å². The van der Waals surface area contributed by atoms with Crippen LogP contribution in [-0.4, -0.2) is 26.3 Å². The van der Waals surface area contributed by atoms with Crippen molar-refractivity contribution >= 4 is 34.9 Å². The molecule has 0 bridgehead atoms. The molecule has 24 heavy (non-hydrogen) atoms. The second-order valence-electron chi connectivity index (χ2n) is 5.54. The van der Waals surface area contributed by atoms with E-state index in [1.54, 1.807) is 34.9 Å². The van der Waals surface area contributed by atoms with Crippen LogP contribution in [0.15, 0.2) is 51.8 Å². The molecule has 4 rings (SSSR count). The molecule has 0 saturated heterocycles. The second kappa shape index (κ2) is 7.29. The minimum Gasteiger partial charge on any atom is -0.298 e. The second-order valence-corrected chi connectivity index (χ2v) is 8.71. The normalized spacial score (nSPS) is 14.2. The van der Waals surface area contributed by atoms with Crippen LogP contribution in [0.5, 0.6) is 0 Å². The van der Waals surface area contributed by atoms with E-state index in [4.69, 9.17) is 0 Å². The lowest BCUT2D eigenvalue weighted by Crippen LogP contribution is -1.99. The predicted octanol–water partition coefficient (Wildman–Crippen LogP) is 5.37. The van der Waals surface area contributed by atoms with Crippen LogP contribution in [0.2, 0.25) is 0 Å². The van der Waals surface area contributed by atoms with Gasteiger partial charge in [0, 0.05) is 22.4 Å². The SMILES string of the molecule is Fc1ccc(SCCSc2nnc(-c3cccs3)n2C2CC2)cc1. The molecule has 0 spiro atoms. The minimum atomic E-state index is -0.188. The summed E-state index contributed by atoms with van der Waals surface area (Å²) in [7, 11) is 0. The maximum atomic E-state index is 12.9. The number of nitrogens with zero attached hydrogens (tertiary/aromatic N) is 3. The van der Waals surface area contributed by atoms with Crippen LogP contribution in [0, 0.1) is 5.82 Å². The molecule has 0 N–H and O–H groups in total. The van der Waals surface area contributed by atoms with E-state index >= 15 is 0 Å². The molecule has 2 heterocycles. The molecule has 2 aromatic heterocycles. The first-order valence-electron chi connectivity index (χ1n) is 7.81. The van der Waals surface area contributed by atoms with Gasteiger partial charge in [0.2, 0.25) is 0 Å². The highest BCUT2D eigenvalue weighted by Crippen LogP contribution is 2.41. The van der Waals surface area contributed by atoms with E-state index in [2.05, 4.69) is 32.3 Å². The van der Waals surface area contributed by atoms with Crippen molar-refractivity contribution in [3.05, 3.63) is 47.6 Å². The molecule has 1 aliphatic rings. The maximum absolute atomic E-state index is 12.9. The van der Waals surface area contributed by atoms with E-state index in [-0.39, 0.29) is 5.82 Å². The van der Waals surface area contributed by atoms with E-state index < -0.39 is 0 Å². The standard InChI is InChI=1S/C17H16FN3S3/c18-12-3-7-14(8-4-12)22-10-11-24-17-20-19-16(15-2-1-9-23-15)21(17)13-5-6-13/h1-4,7-9,13H,5-6,10-11H2. The lowest BCUT2D eigenvalue weighted by atomic mass is 10.4. The first-order chi connectivity index (χ1) is 11.8. The highest BCUT2D eigenvalue weighted by Gasteiger charge is 2.30. The van der Waals surface area contributed by atoms with Gasteiger partial charge in [-0.25, -0.2) is 4.39 Å². The highest BCUT2D eigenvalue weighted by atomic mass is 32.2. The van der Waals surface area contributed by atoms with Crippen molar-refractivity contribution in [3.8, 4) is 10.7 Å². The number of hydrogen-bond donors (Lipinski definition) is 0. The van der Waals surface area contributed by atoms with E-state index in [0.717, 1.165) is 27.4 Å². The number of rotatable bonds is 7. The summed E-state index contributed by atoms with van der Waals surface area (Å²) < 4.78 is 15.2. The molecule has 0 atom stereocenters. The summed E-state index contributed by atoms with van der Waals surface area (Å²) in [5.41, 5.74) is 0. The Morgan fingerprint density at radius 3 is 2.58 bits per heavy atom. The van der Waals surface area contributed by atoms with Gasteiger partial charge in [0.15, 0.2) is 11.0 Å². The average molecular weight is 378 g/mol. The summed E-state index contributed by atoms with van der Waals surface area (Å²) in [6.07, 6.45) is 2.43. The zero-order valence-electron chi connectivity index (χ0n) is 12.9. The van der Waals surface area contributed by atoms with Crippen LogP contribution in [0.1, 0.15) is 18.9 Å². The number of thioether (sulfide) groups is 2. The summed E-state index contributed by atoms with van der Waals surface area (Å²) in [5, 5.41) is 11.9. The fourth-order valence-corrected chi connectivity index (χ4v) is 5.03. The largest absolute Gasteiger partial charge is 0.298 e. The van der Waals surface area contributed by atoms with Gasteiger partial charge in [-0.2, -0.15) is 0 Å². The maximum Gasteiger partial charge on any atom is 0.191 e. The van der Waals surface area contributed by atoms with E-state index in [1.807, 2.05) is 12.1 Å². The zero-order chi connectivity index (χ0) is 16.4. The quantitative estimate of drug-likeness (QED) is 0.409. The number of hydrogen-bond acceptors (Lipinski definition) is 5. The zero-order valence-corrected chi connectivity index (χ0v) is 15.3. The summed E-state index contributed by atoms with van der Waals surface area (Å²) in [6, 6.07) is 11.4. The Balaban J connectivity index is 1.39. The topological polar surface area (TPSA) is 30.7 Å². The highest BCUT2D eigenvalue weighted by molar-refractivity contribution is 8.02. The number of aromatic nitrogens is 3. The fourth-order valence-electron chi connectivity index (χ4n) is 2.43. The Hall–Kier alpha value is -1.31. The third kappa shape index (κ3) is 3.68. The molecule has 3 aromatic rings. The summed E-state index contributed by atoms with van der Waals surface area (Å²) in [6.45, 7) is 0. The molecule has 7 heteroatoms. The lowest BCUT2D eigenvalue weighted by molar-refractivity contribution is 0.626. The number of halogens is 1. The van der Waals surface area contributed by atoms with Crippen LogP contribution in [-0.2, 0) is 0 Å². The van der Waals surface area contributed by atoms with Gasteiger partial charge in [-0.05, 0) is 48.6 Å². The summed E-state index contributed by atoms with van der Waals surface area (Å²) in [5.74, 6) is 2.73. The molecular weight excluding hydrogens is 361 g/mol. The Labute approximate surface area is 152 Å². The molecule has 0 unspecified atom stereocenters. The van der Waals surface area contributed by atoms with Crippen LogP contribution in [0.25, 0.3) is 10.7 Å². The molecule has 1 aromatic carbocycles. The van der Waals surface area contributed by atoms with Crippen LogP contribution in [0.4, 0.5) is 4.39 Å². The number of benzene rings is 1. The molecule has 1 aliphatic carbocycles. The van der Waals surface area contributed by atoms with Crippen molar-refractivity contribution in [2.75, 3.05) is 11.5 Å². The Bertz CT molecular complexity index is 795. The molecule has 1 saturated carbocycles. The van der Waals surface area contributed by atoms with Crippen LogP contribution in [0.3, 0.4) is 0 Å². The Morgan fingerprint density at radius 2 is 1.88 bits per heavy atom. The lowest BCUT2D eigenvalue weighted by Gasteiger charge is -2.07. The first-order valence-corrected chi connectivity index (χ1v) is 10.7. The van der Waals surface area contributed by atoms with Crippen LogP contribution >= 0.6 is 34.9 Å². The van der Waals surface area contributed by atoms with Crippen molar-refractivity contribution in [1.29, 1.82) is 0 Å².